The van der Waals surface area contributed by atoms with Crippen LogP contribution in [0.2, 0.25) is 0 Å². The fourth-order valence-electron chi connectivity index (χ4n) is 3.08. The van der Waals surface area contributed by atoms with Gasteiger partial charge < -0.3 is 9.64 Å². The Kier molecular flexibility index (Phi) is 4.05. The fraction of sp³-hybridized carbons (Fsp3) is 0.643. The number of nitrogens with zero attached hydrogens (tertiary/aromatic N) is 4. The van der Waals surface area contributed by atoms with E-state index in [0.29, 0.717) is 13.1 Å². The second-order valence-electron chi connectivity index (χ2n) is 5.78. The highest BCUT2D eigenvalue weighted by atomic mass is 19.3. The number of carbonyl (C=O) groups is 1. The van der Waals surface area contributed by atoms with Gasteiger partial charge in [-0.05, 0) is 6.07 Å². The highest BCUT2D eigenvalue weighted by Gasteiger charge is 2.50. The molecule has 2 fully saturated rings. The van der Waals surface area contributed by atoms with Gasteiger partial charge in [0.2, 0.25) is 5.82 Å². The minimum absolute atomic E-state index is 0.0545. The van der Waals surface area contributed by atoms with Gasteiger partial charge >= 0.3 is 0 Å². The first-order valence-electron chi connectivity index (χ1n) is 7.19. The lowest BCUT2D eigenvalue weighted by Crippen LogP contribution is -2.62. The van der Waals surface area contributed by atoms with Crippen LogP contribution in [0, 0.1) is 0 Å². The molecule has 0 aromatic carbocycles. The third kappa shape index (κ3) is 2.93. The molecule has 3 heterocycles. The minimum atomic E-state index is -2.68. The molecule has 1 amide bonds. The number of likely N-dealkylation sites (tertiary alicyclic amines) is 2. The Morgan fingerprint density at radius 2 is 2.09 bits per heavy atom. The van der Waals surface area contributed by atoms with Gasteiger partial charge in [-0.1, -0.05) is 0 Å². The van der Waals surface area contributed by atoms with E-state index in [0.717, 1.165) is 0 Å². The summed E-state index contributed by atoms with van der Waals surface area (Å²) in [6, 6.07) is 1.29. The third-order valence-corrected chi connectivity index (χ3v) is 4.15. The highest BCUT2D eigenvalue weighted by Crippen LogP contribution is 2.35. The molecule has 0 spiro atoms. The maximum atomic E-state index is 13.6. The number of alkyl halides is 2. The molecule has 0 aliphatic carbocycles. The van der Waals surface area contributed by atoms with Gasteiger partial charge in [0.1, 0.15) is 0 Å². The summed E-state index contributed by atoms with van der Waals surface area (Å²) in [5.41, 5.74) is 0. The van der Waals surface area contributed by atoms with Crippen molar-refractivity contribution in [2.24, 2.45) is 0 Å². The number of hydrogen-bond donors (Lipinski definition) is 0. The van der Waals surface area contributed by atoms with Crippen molar-refractivity contribution in [1.82, 2.24) is 19.8 Å². The largest absolute Gasteiger partial charge is 0.383 e. The summed E-state index contributed by atoms with van der Waals surface area (Å²) < 4.78 is 32.3. The number of amides is 1. The van der Waals surface area contributed by atoms with E-state index in [-0.39, 0.29) is 43.4 Å². The lowest BCUT2D eigenvalue weighted by atomic mass is 10.1. The van der Waals surface area contributed by atoms with E-state index in [2.05, 4.69) is 9.97 Å². The predicted molar refractivity (Wildman–Crippen MR) is 73.7 cm³/mol. The van der Waals surface area contributed by atoms with Crippen molar-refractivity contribution in [2.45, 2.75) is 24.4 Å². The molecule has 3 rings (SSSR count). The van der Waals surface area contributed by atoms with Crippen LogP contribution in [-0.4, -0.2) is 77.0 Å². The van der Waals surface area contributed by atoms with Crippen LogP contribution >= 0.6 is 0 Å². The lowest BCUT2D eigenvalue weighted by molar-refractivity contribution is -0.0139. The fourth-order valence-corrected chi connectivity index (χ4v) is 3.08. The summed E-state index contributed by atoms with van der Waals surface area (Å²) in [6.45, 7) is 0.859. The Bertz CT molecular complexity index is 537. The molecule has 2 saturated heterocycles. The van der Waals surface area contributed by atoms with E-state index in [1.807, 2.05) is 0 Å². The standard InChI is InChI=1S/C14H18F2N4O2/c1-22-8-10-5-14(15,16)9-20(10)11-6-19(7-11)13(21)12-17-3-2-4-18-12/h2-4,10-11H,5-9H2,1H3/t10-/m0/s1. The summed E-state index contributed by atoms with van der Waals surface area (Å²) in [7, 11) is 1.51. The molecule has 22 heavy (non-hydrogen) atoms. The molecule has 1 aromatic rings. The zero-order valence-electron chi connectivity index (χ0n) is 12.3. The zero-order valence-corrected chi connectivity index (χ0v) is 12.3. The molecule has 2 aliphatic heterocycles. The van der Waals surface area contributed by atoms with Crippen molar-refractivity contribution in [2.75, 3.05) is 33.4 Å². The molecular weight excluding hydrogens is 294 g/mol. The van der Waals surface area contributed by atoms with E-state index in [1.165, 1.54) is 19.5 Å². The Hall–Kier alpha value is -1.67. The molecule has 6 nitrogen and oxygen atoms in total. The van der Waals surface area contributed by atoms with E-state index in [1.54, 1.807) is 15.9 Å². The van der Waals surface area contributed by atoms with Gasteiger partial charge in [0.05, 0.1) is 13.2 Å². The normalized spacial score (nSPS) is 25.2. The molecule has 0 bridgehead atoms. The maximum absolute atomic E-state index is 13.6. The molecule has 1 aromatic heterocycles. The summed E-state index contributed by atoms with van der Waals surface area (Å²) in [5.74, 6) is -2.80. The number of ether oxygens (including phenoxy) is 1. The van der Waals surface area contributed by atoms with Gasteiger partial charge in [0, 0.05) is 51.1 Å². The van der Waals surface area contributed by atoms with Gasteiger partial charge in [-0.25, -0.2) is 18.7 Å². The van der Waals surface area contributed by atoms with Crippen LogP contribution in [0.15, 0.2) is 18.5 Å². The molecule has 1 atom stereocenters. The predicted octanol–water partition coefficient (Wildman–Crippen LogP) is 0.657. The topological polar surface area (TPSA) is 58.6 Å². The SMILES string of the molecule is COC[C@@H]1CC(F)(F)CN1C1CN(C(=O)c2ncccn2)C1. The molecular formula is C14H18F2N4O2. The van der Waals surface area contributed by atoms with E-state index < -0.39 is 5.92 Å². The van der Waals surface area contributed by atoms with Gasteiger partial charge in [-0.3, -0.25) is 9.69 Å². The van der Waals surface area contributed by atoms with E-state index in [4.69, 9.17) is 4.74 Å². The third-order valence-electron chi connectivity index (χ3n) is 4.15. The molecule has 120 valence electrons. The van der Waals surface area contributed by atoms with Crippen molar-refractivity contribution < 1.29 is 18.3 Å². The average Bonchev–Trinajstić information content (AvgIpc) is 2.73. The summed E-state index contributed by atoms with van der Waals surface area (Å²) in [4.78, 5) is 23.3. The first-order valence-corrected chi connectivity index (χ1v) is 7.19. The zero-order chi connectivity index (χ0) is 15.7. The van der Waals surface area contributed by atoms with E-state index >= 15 is 0 Å². The van der Waals surface area contributed by atoms with Crippen molar-refractivity contribution in [3.63, 3.8) is 0 Å². The van der Waals surface area contributed by atoms with Gasteiger partial charge in [0.15, 0.2) is 0 Å². The van der Waals surface area contributed by atoms with Gasteiger partial charge in [-0.15, -0.1) is 0 Å². The molecule has 2 aliphatic rings. The van der Waals surface area contributed by atoms with Crippen molar-refractivity contribution in [3.05, 3.63) is 24.3 Å². The van der Waals surface area contributed by atoms with Crippen LogP contribution in [0.1, 0.15) is 17.0 Å². The van der Waals surface area contributed by atoms with Crippen LogP contribution < -0.4 is 0 Å². The minimum Gasteiger partial charge on any atom is -0.383 e. The van der Waals surface area contributed by atoms with Crippen molar-refractivity contribution >= 4 is 5.91 Å². The lowest BCUT2D eigenvalue weighted by Gasteiger charge is -2.45. The maximum Gasteiger partial charge on any atom is 0.291 e. The smallest absolute Gasteiger partial charge is 0.291 e. The Labute approximate surface area is 127 Å². The first-order chi connectivity index (χ1) is 10.5. The Morgan fingerprint density at radius 1 is 1.41 bits per heavy atom. The van der Waals surface area contributed by atoms with Crippen LogP contribution in [-0.2, 0) is 4.74 Å². The highest BCUT2D eigenvalue weighted by molar-refractivity contribution is 5.91. The molecule has 8 heteroatoms. The van der Waals surface area contributed by atoms with Crippen LogP contribution in [0.5, 0.6) is 0 Å². The quantitative estimate of drug-likeness (QED) is 0.817. The van der Waals surface area contributed by atoms with Gasteiger partial charge in [0.25, 0.3) is 11.8 Å². The average molecular weight is 312 g/mol. The molecule has 0 unspecified atom stereocenters. The van der Waals surface area contributed by atoms with Crippen LogP contribution in [0.25, 0.3) is 0 Å². The van der Waals surface area contributed by atoms with Crippen LogP contribution in [0.4, 0.5) is 8.78 Å². The summed E-state index contributed by atoms with van der Waals surface area (Å²) in [5, 5.41) is 0. The number of methoxy groups -OCH3 is 1. The second kappa shape index (κ2) is 5.85. The number of aromatic nitrogens is 2. The number of halogens is 2. The molecule has 0 N–H and O–H groups in total. The number of rotatable bonds is 4. The monoisotopic (exact) mass is 312 g/mol. The summed E-state index contributed by atoms with van der Waals surface area (Å²) in [6.07, 6.45) is 2.83. The second-order valence-corrected chi connectivity index (χ2v) is 5.78. The summed E-state index contributed by atoms with van der Waals surface area (Å²) >= 11 is 0. The van der Waals surface area contributed by atoms with Crippen LogP contribution in [0.3, 0.4) is 0 Å². The number of hydrogen-bond acceptors (Lipinski definition) is 5. The Morgan fingerprint density at radius 3 is 2.73 bits per heavy atom. The Balaban J connectivity index is 1.59. The number of carbonyl (C=O) groups excluding carboxylic acids is 1. The van der Waals surface area contributed by atoms with Crippen molar-refractivity contribution in [1.29, 1.82) is 0 Å². The van der Waals surface area contributed by atoms with E-state index in [9.17, 15) is 13.6 Å². The van der Waals surface area contributed by atoms with Gasteiger partial charge in [-0.2, -0.15) is 0 Å². The molecule has 0 radical (unpaired) electrons. The first kappa shape index (κ1) is 15.2. The molecule has 0 saturated carbocycles. The van der Waals surface area contributed by atoms with Crippen molar-refractivity contribution in [3.8, 4) is 0 Å².